The second kappa shape index (κ2) is 10.2. The first-order valence-corrected chi connectivity index (χ1v) is 11.5. The molecule has 0 atom stereocenters. The molecule has 3 aromatic carbocycles. The Morgan fingerprint density at radius 2 is 1.67 bits per heavy atom. The van der Waals surface area contributed by atoms with Crippen LogP contribution in [0, 0.1) is 31.5 Å². The fourth-order valence-corrected chi connectivity index (χ4v) is 4.02. The Balaban J connectivity index is 1.32. The number of benzene rings is 3. The molecule has 164 valence electrons. The van der Waals surface area contributed by atoms with Gasteiger partial charge >= 0.3 is 0 Å². The topological polar surface area (TPSA) is 42.0 Å². The molecule has 0 saturated carbocycles. The normalized spacial score (nSPS) is 10.4. The van der Waals surface area contributed by atoms with E-state index in [4.69, 9.17) is 0 Å². The monoisotopic (exact) mass is 454 g/mol. The summed E-state index contributed by atoms with van der Waals surface area (Å²) in [5.74, 6) is 5.29. The van der Waals surface area contributed by atoms with Gasteiger partial charge in [0.15, 0.2) is 0 Å². The van der Waals surface area contributed by atoms with E-state index in [1.54, 1.807) is 11.4 Å². The molecule has 0 saturated heterocycles. The number of nitrogens with one attached hydrogen (secondary N) is 1. The third-order valence-corrected chi connectivity index (χ3v) is 6.05. The van der Waals surface area contributed by atoms with E-state index in [1.807, 2.05) is 68.4 Å². The van der Waals surface area contributed by atoms with Gasteiger partial charge in [-0.05, 0) is 50.1 Å². The van der Waals surface area contributed by atoms with Crippen molar-refractivity contribution in [2.24, 2.45) is 0 Å². The van der Waals surface area contributed by atoms with Crippen LogP contribution in [-0.2, 0) is 6.42 Å². The van der Waals surface area contributed by atoms with Crippen LogP contribution in [0.4, 0.5) is 4.39 Å². The first-order valence-electron chi connectivity index (χ1n) is 10.7. The molecule has 4 aromatic rings. The van der Waals surface area contributed by atoms with Crippen molar-refractivity contribution in [2.45, 2.75) is 20.3 Å². The van der Waals surface area contributed by atoms with Gasteiger partial charge in [-0.25, -0.2) is 9.37 Å². The van der Waals surface area contributed by atoms with E-state index >= 15 is 0 Å². The zero-order valence-electron chi connectivity index (χ0n) is 18.5. The van der Waals surface area contributed by atoms with Crippen LogP contribution in [0.25, 0.3) is 10.6 Å². The Hall–Kier alpha value is -3.75. The van der Waals surface area contributed by atoms with Gasteiger partial charge in [0.25, 0.3) is 5.91 Å². The van der Waals surface area contributed by atoms with Gasteiger partial charge in [-0.1, -0.05) is 65.4 Å². The largest absolute Gasteiger partial charge is 0.350 e. The molecule has 0 radical (unpaired) electrons. The molecule has 1 heterocycles. The average Bonchev–Trinajstić information content (AvgIpc) is 3.30. The van der Waals surface area contributed by atoms with Crippen molar-refractivity contribution in [3.05, 3.63) is 111 Å². The van der Waals surface area contributed by atoms with Crippen molar-refractivity contribution >= 4 is 17.2 Å². The van der Waals surface area contributed by atoms with Gasteiger partial charge in [0.1, 0.15) is 16.5 Å². The molecule has 0 aliphatic rings. The lowest BCUT2D eigenvalue weighted by Gasteiger charge is -2.05. The number of rotatable bonds is 5. The lowest BCUT2D eigenvalue weighted by Crippen LogP contribution is -2.26. The van der Waals surface area contributed by atoms with Gasteiger partial charge in [0.05, 0.1) is 5.56 Å². The highest BCUT2D eigenvalue weighted by molar-refractivity contribution is 7.13. The third-order valence-electron chi connectivity index (χ3n) is 5.16. The number of halogens is 1. The molecule has 1 amide bonds. The summed E-state index contributed by atoms with van der Waals surface area (Å²) in [6.45, 7) is 4.43. The summed E-state index contributed by atoms with van der Waals surface area (Å²) in [7, 11) is 0. The Morgan fingerprint density at radius 1 is 0.970 bits per heavy atom. The maximum Gasteiger partial charge on any atom is 0.270 e. The molecule has 0 aliphatic heterocycles. The van der Waals surface area contributed by atoms with E-state index in [9.17, 15) is 9.18 Å². The van der Waals surface area contributed by atoms with Gasteiger partial charge in [-0.3, -0.25) is 4.79 Å². The zero-order valence-corrected chi connectivity index (χ0v) is 19.3. The maximum absolute atomic E-state index is 14.5. The van der Waals surface area contributed by atoms with E-state index in [-0.39, 0.29) is 11.7 Å². The quantitative estimate of drug-likeness (QED) is 0.379. The van der Waals surface area contributed by atoms with E-state index in [1.165, 1.54) is 23.0 Å². The number of aryl methyl sites for hydroxylation is 2. The van der Waals surface area contributed by atoms with Crippen LogP contribution in [0.2, 0.25) is 0 Å². The lowest BCUT2D eigenvalue weighted by molar-refractivity contribution is 0.0950. The van der Waals surface area contributed by atoms with E-state index in [0.717, 1.165) is 27.3 Å². The number of carbonyl (C=O) groups excluding carboxylic acids is 1. The predicted molar refractivity (Wildman–Crippen MR) is 132 cm³/mol. The summed E-state index contributed by atoms with van der Waals surface area (Å²) in [6.07, 6.45) is 0.517. The molecule has 4 rings (SSSR count). The molecule has 0 bridgehead atoms. The molecular formula is C28H23FN2OS. The van der Waals surface area contributed by atoms with Crippen molar-refractivity contribution in [3.8, 4) is 22.4 Å². The van der Waals surface area contributed by atoms with Gasteiger partial charge in [-0.15, -0.1) is 11.3 Å². The van der Waals surface area contributed by atoms with Crippen molar-refractivity contribution in [3.63, 3.8) is 0 Å². The second-order valence-corrected chi connectivity index (χ2v) is 8.70. The number of thiazole rings is 1. The fourth-order valence-electron chi connectivity index (χ4n) is 3.21. The zero-order chi connectivity index (χ0) is 23.2. The van der Waals surface area contributed by atoms with E-state index in [0.29, 0.717) is 24.2 Å². The van der Waals surface area contributed by atoms with Gasteiger partial charge in [-0.2, -0.15) is 0 Å². The Labute approximate surface area is 197 Å². The van der Waals surface area contributed by atoms with Crippen LogP contribution < -0.4 is 5.32 Å². The molecule has 0 spiro atoms. The molecule has 0 unspecified atom stereocenters. The molecule has 5 heteroatoms. The number of carbonyl (C=O) groups is 1. The van der Waals surface area contributed by atoms with Crippen molar-refractivity contribution in [1.29, 1.82) is 0 Å². The van der Waals surface area contributed by atoms with Crippen molar-refractivity contribution in [2.75, 3.05) is 6.54 Å². The molecule has 1 N–H and O–H groups in total. The average molecular weight is 455 g/mol. The van der Waals surface area contributed by atoms with Crippen LogP contribution in [0.3, 0.4) is 0 Å². The van der Waals surface area contributed by atoms with Crippen LogP contribution in [0.1, 0.15) is 38.3 Å². The Kier molecular flexibility index (Phi) is 6.97. The van der Waals surface area contributed by atoms with Crippen LogP contribution in [0.5, 0.6) is 0 Å². The summed E-state index contributed by atoms with van der Waals surface area (Å²) < 4.78 is 14.5. The second-order valence-electron chi connectivity index (χ2n) is 7.84. The molecule has 0 aliphatic carbocycles. The van der Waals surface area contributed by atoms with Gasteiger partial charge in [0, 0.05) is 23.1 Å². The standard InChI is InChI=1S/C28H23FN2OS/c1-19-3-7-21(8-4-19)9-13-23-14-10-22(17-25(23)29)15-16-30-27(32)26-18-33-28(31-26)24-11-5-20(2)6-12-24/h3-8,10-12,14,17-18H,15-16H2,1-2H3,(H,30,32). The van der Waals surface area contributed by atoms with E-state index in [2.05, 4.69) is 22.1 Å². The van der Waals surface area contributed by atoms with Gasteiger partial charge in [0.2, 0.25) is 0 Å². The van der Waals surface area contributed by atoms with Crippen LogP contribution >= 0.6 is 11.3 Å². The van der Waals surface area contributed by atoms with Crippen LogP contribution in [0.15, 0.2) is 72.1 Å². The number of nitrogens with zero attached hydrogens (tertiary/aromatic N) is 1. The first kappa shape index (κ1) is 22.4. The maximum atomic E-state index is 14.5. The first-order chi connectivity index (χ1) is 16.0. The summed E-state index contributed by atoms with van der Waals surface area (Å²) >= 11 is 1.44. The third kappa shape index (κ3) is 5.94. The van der Waals surface area contributed by atoms with Crippen molar-refractivity contribution < 1.29 is 9.18 Å². The minimum absolute atomic E-state index is 0.231. The Bertz CT molecular complexity index is 1330. The number of aromatic nitrogens is 1. The smallest absolute Gasteiger partial charge is 0.270 e. The number of amides is 1. The molecule has 0 fully saturated rings. The highest BCUT2D eigenvalue weighted by atomic mass is 32.1. The highest BCUT2D eigenvalue weighted by Gasteiger charge is 2.11. The highest BCUT2D eigenvalue weighted by Crippen LogP contribution is 2.24. The minimum Gasteiger partial charge on any atom is -0.350 e. The minimum atomic E-state index is -0.360. The number of hydrogen-bond donors (Lipinski definition) is 1. The summed E-state index contributed by atoms with van der Waals surface area (Å²) in [5.41, 5.74) is 5.72. The Morgan fingerprint density at radius 3 is 2.36 bits per heavy atom. The molecule has 33 heavy (non-hydrogen) atoms. The molecule has 1 aromatic heterocycles. The molecular weight excluding hydrogens is 431 g/mol. The number of hydrogen-bond acceptors (Lipinski definition) is 3. The van der Waals surface area contributed by atoms with Crippen molar-refractivity contribution in [1.82, 2.24) is 10.3 Å². The van der Waals surface area contributed by atoms with E-state index < -0.39 is 0 Å². The summed E-state index contributed by atoms with van der Waals surface area (Å²) in [6, 6.07) is 20.8. The predicted octanol–water partition coefficient (Wildman–Crippen LogP) is 5.94. The van der Waals surface area contributed by atoms with Gasteiger partial charge < -0.3 is 5.32 Å². The molecule has 3 nitrogen and oxygen atoms in total. The SMILES string of the molecule is Cc1ccc(C#Cc2ccc(CCNC(=O)c3csc(-c4ccc(C)cc4)n3)cc2F)cc1. The van der Waals surface area contributed by atoms with Crippen LogP contribution in [-0.4, -0.2) is 17.4 Å². The fraction of sp³-hybridized carbons (Fsp3) is 0.143. The lowest BCUT2D eigenvalue weighted by atomic mass is 10.1. The summed E-state index contributed by atoms with van der Waals surface area (Å²) in [4.78, 5) is 16.9. The summed E-state index contributed by atoms with van der Waals surface area (Å²) in [5, 5.41) is 5.43.